The van der Waals surface area contributed by atoms with E-state index in [-0.39, 0.29) is 0 Å². The lowest BCUT2D eigenvalue weighted by Crippen LogP contribution is -2.04. The van der Waals surface area contributed by atoms with Crippen LogP contribution < -0.4 is 9.47 Å². The first-order valence-electron chi connectivity index (χ1n) is 9.11. The molecule has 0 unspecified atom stereocenters. The number of allylic oxidation sites excluding steroid dienone is 1. The van der Waals surface area contributed by atoms with E-state index < -0.39 is 0 Å². The van der Waals surface area contributed by atoms with Crippen LogP contribution >= 0.6 is 0 Å². The zero-order valence-electron chi connectivity index (χ0n) is 17.4. The lowest BCUT2D eigenvalue weighted by molar-refractivity contribution is 0.215. The number of nitrogens with zero attached hydrogens (tertiary/aromatic N) is 3. The quantitative estimate of drug-likeness (QED) is 0.386. The van der Waals surface area contributed by atoms with Crippen molar-refractivity contribution in [1.29, 1.82) is 0 Å². The summed E-state index contributed by atoms with van der Waals surface area (Å²) in [4.78, 5) is 9.12. The van der Waals surface area contributed by atoms with Crippen molar-refractivity contribution in [2.24, 2.45) is 12.2 Å². The van der Waals surface area contributed by atoms with Gasteiger partial charge in [0.05, 0.1) is 18.2 Å². The molecule has 1 aromatic heterocycles. The summed E-state index contributed by atoms with van der Waals surface area (Å²) in [6.45, 7) is 10.9. The zero-order valence-corrected chi connectivity index (χ0v) is 17.4. The van der Waals surface area contributed by atoms with Crippen LogP contribution in [0, 0.1) is 13.8 Å². The SMILES string of the molecule is C/C=C/COc1cc(C)c(OCc2ncn(C)c2/C=N\OC)c(C)c1.CC. The summed E-state index contributed by atoms with van der Waals surface area (Å²) in [7, 11) is 3.41. The number of benzene rings is 1. The molecule has 1 heterocycles. The van der Waals surface area contributed by atoms with Crippen LogP contribution in [0.5, 0.6) is 11.5 Å². The van der Waals surface area contributed by atoms with Gasteiger partial charge in [0.25, 0.3) is 0 Å². The molecule has 6 heteroatoms. The van der Waals surface area contributed by atoms with E-state index in [0.717, 1.165) is 34.0 Å². The fourth-order valence-corrected chi connectivity index (χ4v) is 2.47. The number of hydrogen-bond acceptors (Lipinski definition) is 5. The van der Waals surface area contributed by atoms with Gasteiger partial charge >= 0.3 is 0 Å². The first-order valence-corrected chi connectivity index (χ1v) is 9.11. The lowest BCUT2D eigenvalue weighted by Gasteiger charge is -2.14. The monoisotopic (exact) mass is 373 g/mol. The van der Waals surface area contributed by atoms with Crippen LogP contribution in [-0.4, -0.2) is 29.5 Å². The summed E-state index contributed by atoms with van der Waals surface area (Å²) in [5, 5.41) is 3.81. The first-order chi connectivity index (χ1) is 13.1. The smallest absolute Gasteiger partial charge is 0.132 e. The summed E-state index contributed by atoms with van der Waals surface area (Å²) in [5.41, 5.74) is 3.70. The molecule has 148 valence electrons. The summed E-state index contributed by atoms with van der Waals surface area (Å²) in [6.07, 6.45) is 7.30. The predicted octanol–water partition coefficient (Wildman–Crippen LogP) is 4.58. The van der Waals surface area contributed by atoms with Crippen LogP contribution in [0.25, 0.3) is 0 Å². The van der Waals surface area contributed by atoms with Crippen LogP contribution in [0.3, 0.4) is 0 Å². The second-order valence-corrected chi connectivity index (χ2v) is 5.66. The predicted molar refractivity (Wildman–Crippen MR) is 110 cm³/mol. The molecule has 0 spiro atoms. The molecular formula is C21H31N3O3. The van der Waals surface area contributed by atoms with Crippen LogP contribution in [0.2, 0.25) is 0 Å². The molecule has 0 N–H and O–H groups in total. The summed E-state index contributed by atoms with van der Waals surface area (Å²) >= 11 is 0. The fraction of sp³-hybridized carbons (Fsp3) is 0.429. The molecule has 1 aromatic carbocycles. The van der Waals surface area contributed by atoms with Crippen molar-refractivity contribution < 1.29 is 14.3 Å². The fourth-order valence-electron chi connectivity index (χ4n) is 2.47. The van der Waals surface area contributed by atoms with Gasteiger partial charge < -0.3 is 18.9 Å². The normalized spacial score (nSPS) is 10.8. The molecule has 0 fully saturated rings. The molecule has 6 nitrogen and oxygen atoms in total. The van der Waals surface area contributed by atoms with Crippen molar-refractivity contribution in [3.8, 4) is 11.5 Å². The summed E-state index contributed by atoms with van der Waals surface area (Å²) in [5.74, 6) is 1.69. The second kappa shape index (κ2) is 11.8. The summed E-state index contributed by atoms with van der Waals surface area (Å²) < 4.78 is 13.6. The van der Waals surface area contributed by atoms with Crippen LogP contribution in [0.1, 0.15) is 43.3 Å². The Morgan fingerprint density at radius 1 is 1.15 bits per heavy atom. The van der Waals surface area contributed by atoms with Gasteiger partial charge in [0.15, 0.2) is 0 Å². The summed E-state index contributed by atoms with van der Waals surface area (Å²) in [6, 6.07) is 3.97. The van der Waals surface area contributed by atoms with Gasteiger partial charge in [-0.1, -0.05) is 31.2 Å². The molecule has 0 bridgehead atoms. The van der Waals surface area contributed by atoms with Crippen LogP contribution in [0.4, 0.5) is 0 Å². The minimum atomic E-state index is 0.354. The molecule has 0 radical (unpaired) electrons. The van der Waals surface area contributed by atoms with E-state index in [1.165, 1.54) is 7.11 Å². The highest BCUT2D eigenvalue weighted by Gasteiger charge is 2.11. The molecule has 0 saturated carbocycles. The number of hydrogen-bond donors (Lipinski definition) is 0. The van der Waals surface area contributed by atoms with Gasteiger partial charge in [0.2, 0.25) is 0 Å². The highest BCUT2D eigenvalue weighted by molar-refractivity contribution is 5.78. The minimum Gasteiger partial charge on any atom is -0.490 e. The van der Waals surface area contributed by atoms with Gasteiger partial charge in [0.1, 0.15) is 37.5 Å². The van der Waals surface area contributed by atoms with Gasteiger partial charge in [0, 0.05) is 7.05 Å². The molecule has 0 aliphatic heterocycles. The molecule has 0 saturated heterocycles. The van der Waals surface area contributed by atoms with E-state index in [9.17, 15) is 0 Å². The molecule has 0 atom stereocenters. The van der Waals surface area contributed by atoms with E-state index in [4.69, 9.17) is 14.3 Å². The minimum absolute atomic E-state index is 0.354. The Morgan fingerprint density at radius 2 is 1.81 bits per heavy atom. The Hall–Kier alpha value is -2.76. The maximum absolute atomic E-state index is 6.02. The largest absolute Gasteiger partial charge is 0.490 e. The Bertz CT molecular complexity index is 741. The van der Waals surface area contributed by atoms with E-state index in [0.29, 0.717) is 13.2 Å². The highest BCUT2D eigenvalue weighted by Crippen LogP contribution is 2.29. The van der Waals surface area contributed by atoms with Crippen molar-refractivity contribution in [2.75, 3.05) is 13.7 Å². The number of ether oxygens (including phenoxy) is 2. The number of aryl methyl sites for hydroxylation is 3. The van der Waals surface area contributed by atoms with Crippen molar-refractivity contribution in [2.45, 2.75) is 41.2 Å². The number of aromatic nitrogens is 2. The van der Waals surface area contributed by atoms with Crippen molar-refractivity contribution in [3.63, 3.8) is 0 Å². The van der Waals surface area contributed by atoms with Gasteiger partial charge in [-0.3, -0.25) is 0 Å². The van der Waals surface area contributed by atoms with E-state index in [1.807, 2.05) is 70.5 Å². The Morgan fingerprint density at radius 3 is 2.41 bits per heavy atom. The average molecular weight is 373 g/mol. The number of oxime groups is 1. The van der Waals surface area contributed by atoms with Gasteiger partial charge in [-0.15, -0.1) is 0 Å². The Balaban J connectivity index is 0.00000176. The zero-order chi connectivity index (χ0) is 20.2. The number of rotatable bonds is 8. The molecule has 2 aromatic rings. The third-order valence-electron chi connectivity index (χ3n) is 3.71. The van der Waals surface area contributed by atoms with E-state index in [2.05, 4.69) is 10.1 Å². The first kappa shape index (κ1) is 22.3. The van der Waals surface area contributed by atoms with Crippen molar-refractivity contribution >= 4 is 6.21 Å². The second-order valence-electron chi connectivity index (χ2n) is 5.66. The molecule has 2 rings (SSSR count). The van der Waals surface area contributed by atoms with Gasteiger partial charge in [-0.2, -0.15) is 0 Å². The Labute approximate surface area is 162 Å². The third-order valence-corrected chi connectivity index (χ3v) is 3.71. The van der Waals surface area contributed by atoms with Crippen molar-refractivity contribution in [1.82, 2.24) is 9.55 Å². The van der Waals surface area contributed by atoms with E-state index in [1.54, 1.807) is 12.5 Å². The van der Waals surface area contributed by atoms with Crippen LogP contribution in [0.15, 0.2) is 35.8 Å². The molecule has 0 amide bonds. The standard InChI is InChI=1S/C19H25N3O3.C2H6/c1-6-7-8-24-16-9-14(2)19(15(3)10-16)25-12-17-18(11-21-23-5)22(4)13-20-17;1-2/h6-7,9-11,13H,8,12H2,1-5H3;1-2H3/b7-6+,21-11-;. The van der Waals surface area contributed by atoms with Crippen molar-refractivity contribution in [3.05, 3.63) is 53.1 Å². The molecule has 27 heavy (non-hydrogen) atoms. The van der Waals surface area contributed by atoms with Crippen LogP contribution in [-0.2, 0) is 18.5 Å². The Kier molecular flexibility index (Phi) is 9.72. The average Bonchev–Trinajstić information content (AvgIpc) is 3.01. The van der Waals surface area contributed by atoms with Gasteiger partial charge in [-0.05, 0) is 44.0 Å². The van der Waals surface area contributed by atoms with Gasteiger partial charge in [-0.25, -0.2) is 4.98 Å². The molecule has 0 aliphatic rings. The number of imidazole rings is 1. The topological polar surface area (TPSA) is 57.9 Å². The third kappa shape index (κ3) is 6.47. The lowest BCUT2D eigenvalue weighted by atomic mass is 10.1. The maximum atomic E-state index is 6.02. The maximum Gasteiger partial charge on any atom is 0.132 e. The molecule has 0 aliphatic carbocycles. The van der Waals surface area contributed by atoms with E-state index >= 15 is 0 Å². The highest BCUT2D eigenvalue weighted by atomic mass is 16.6. The molecular weight excluding hydrogens is 342 g/mol.